The molecule has 0 heterocycles. The molecule has 2 fully saturated rings. The van der Waals surface area contributed by atoms with E-state index in [1.165, 1.54) is 12.5 Å². The van der Waals surface area contributed by atoms with Crippen LogP contribution in [0.15, 0.2) is 54.6 Å². The molecule has 8 heteroatoms. The fraction of sp³-hybridized carbons (Fsp3) is 0.455. The standard InChI is InChI=1S/C33H38FNO6/c1-33(32(38)39-20-23-10-7-9-22-8-5-6-13-26(22)23)16-14-25(15-17-33)41-30-18-27(31(36)37)29(19-28(30)34)40-21-35-24-11-3-2-4-12-24/h5-10,13,18-19,24-25,35H,2-4,11-12,14-17,20-21H2,1H3,(H,36,37)/t25-,33+. The number of halogens is 1. The minimum atomic E-state index is -1.22. The number of carboxylic acids is 1. The molecule has 2 aliphatic rings. The van der Waals surface area contributed by atoms with Gasteiger partial charge >= 0.3 is 11.9 Å². The first-order chi connectivity index (χ1) is 19.8. The van der Waals surface area contributed by atoms with E-state index in [0.29, 0.717) is 31.7 Å². The molecule has 3 aromatic carbocycles. The number of rotatable bonds is 10. The summed E-state index contributed by atoms with van der Waals surface area (Å²) in [7, 11) is 0. The van der Waals surface area contributed by atoms with E-state index in [1.807, 2.05) is 49.4 Å². The lowest BCUT2D eigenvalue weighted by molar-refractivity contribution is -0.159. The zero-order valence-electron chi connectivity index (χ0n) is 23.5. The van der Waals surface area contributed by atoms with Crippen LogP contribution in [-0.4, -0.2) is 35.9 Å². The highest BCUT2D eigenvalue weighted by molar-refractivity contribution is 5.91. The summed E-state index contributed by atoms with van der Waals surface area (Å²) >= 11 is 0. The zero-order valence-corrected chi connectivity index (χ0v) is 23.5. The van der Waals surface area contributed by atoms with Gasteiger partial charge in [0.05, 0.1) is 11.5 Å². The van der Waals surface area contributed by atoms with E-state index in [9.17, 15) is 19.1 Å². The maximum atomic E-state index is 15.0. The highest BCUT2D eigenvalue weighted by atomic mass is 19.1. The molecule has 7 nitrogen and oxygen atoms in total. The van der Waals surface area contributed by atoms with Crippen molar-refractivity contribution in [3.05, 3.63) is 71.5 Å². The lowest BCUT2D eigenvalue weighted by atomic mass is 9.74. The van der Waals surface area contributed by atoms with Gasteiger partial charge in [0.25, 0.3) is 0 Å². The van der Waals surface area contributed by atoms with Crippen LogP contribution in [0.5, 0.6) is 11.5 Å². The van der Waals surface area contributed by atoms with E-state index in [2.05, 4.69) is 5.32 Å². The van der Waals surface area contributed by atoms with E-state index in [1.54, 1.807) is 0 Å². The lowest BCUT2D eigenvalue weighted by Crippen LogP contribution is -2.37. The quantitative estimate of drug-likeness (QED) is 0.202. The molecule has 2 N–H and O–H groups in total. The number of ether oxygens (including phenoxy) is 3. The minimum absolute atomic E-state index is 0.0316. The van der Waals surface area contributed by atoms with Gasteiger partial charge in [-0.05, 0) is 61.8 Å². The van der Waals surface area contributed by atoms with Crippen molar-refractivity contribution < 1.29 is 33.3 Å². The Morgan fingerprint density at radius 2 is 1.71 bits per heavy atom. The van der Waals surface area contributed by atoms with Crippen molar-refractivity contribution in [2.75, 3.05) is 6.73 Å². The third-order valence-corrected chi connectivity index (χ3v) is 8.53. The monoisotopic (exact) mass is 563 g/mol. The van der Waals surface area contributed by atoms with Gasteiger partial charge in [0.15, 0.2) is 11.6 Å². The Labute approximate surface area is 240 Å². The molecular weight excluding hydrogens is 525 g/mol. The summed E-state index contributed by atoms with van der Waals surface area (Å²) in [5.74, 6) is -2.30. The Morgan fingerprint density at radius 1 is 0.976 bits per heavy atom. The lowest BCUT2D eigenvalue weighted by Gasteiger charge is -2.35. The Kier molecular flexibility index (Phi) is 9.08. The van der Waals surface area contributed by atoms with Crippen LogP contribution in [0.25, 0.3) is 10.8 Å². The fourth-order valence-electron chi connectivity index (χ4n) is 5.92. The van der Waals surface area contributed by atoms with Gasteiger partial charge < -0.3 is 19.3 Å². The van der Waals surface area contributed by atoms with Crippen LogP contribution < -0.4 is 14.8 Å². The molecule has 0 unspecified atom stereocenters. The van der Waals surface area contributed by atoms with Crippen LogP contribution >= 0.6 is 0 Å². The molecule has 0 aromatic heterocycles. The highest BCUT2D eigenvalue weighted by Crippen LogP contribution is 2.40. The van der Waals surface area contributed by atoms with Gasteiger partial charge in [-0.15, -0.1) is 0 Å². The van der Waals surface area contributed by atoms with Crippen molar-refractivity contribution in [3.63, 3.8) is 0 Å². The summed E-state index contributed by atoms with van der Waals surface area (Å²) in [6, 6.07) is 16.6. The topological polar surface area (TPSA) is 94.1 Å². The number of esters is 1. The maximum Gasteiger partial charge on any atom is 0.339 e. The van der Waals surface area contributed by atoms with Gasteiger partial charge in [0.1, 0.15) is 24.7 Å². The largest absolute Gasteiger partial charge is 0.487 e. The molecule has 0 atom stereocenters. The van der Waals surface area contributed by atoms with Crippen molar-refractivity contribution in [2.45, 2.75) is 83.5 Å². The molecule has 0 aliphatic heterocycles. The Balaban J connectivity index is 1.15. The first-order valence-electron chi connectivity index (χ1n) is 14.6. The number of carboxylic acid groups (broad SMARTS) is 1. The van der Waals surface area contributed by atoms with Crippen molar-refractivity contribution in [1.82, 2.24) is 5.32 Å². The normalized spacial score (nSPS) is 21.4. The van der Waals surface area contributed by atoms with Crippen LogP contribution in [0.4, 0.5) is 4.39 Å². The summed E-state index contributed by atoms with van der Waals surface area (Å²) in [6.45, 7) is 2.21. The number of hydrogen-bond acceptors (Lipinski definition) is 6. The van der Waals surface area contributed by atoms with Crippen LogP contribution in [0, 0.1) is 11.2 Å². The Hall–Kier alpha value is -3.65. The van der Waals surface area contributed by atoms with Crippen molar-refractivity contribution in [2.24, 2.45) is 5.41 Å². The number of nitrogens with one attached hydrogen (secondary N) is 1. The van der Waals surface area contributed by atoms with E-state index in [0.717, 1.165) is 48.1 Å². The van der Waals surface area contributed by atoms with Crippen LogP contribution in [0.3, 0.4) is 0 Å². The molecule has 0 amide bonds. The summed E-state index contributed by atoms with van der Waals surface area (Å²) in [6.07, 6.45) is 7.39. The molecule has 0 bridgehead atoms. The van der Waals surface area contributed by atoms with Crippen LogP contribution in [0.1, 0.15) is 80.6 Å². The van der Waals surface area contributed by atoms with Gasteiger partial charge in [-0.3, -0.25) is 10.1 Å². The van der Waals surface area contributed by atoms with E-state index in [-0.39, 0.29) is 42.5 Å². The van der Waals surface area contributed by atoms with E-state index < -0.39 is 17.2 Å². The fourth-order valence-corrected chi connectivity index (χ4v) is 5.92. The molecule has 2 aliphatic carbocycles. The number of carbonyl (C=O) groups is 2. The second kappa shape index (κ2) is 12.9. The molecule has 41 heavy (non-hydrogen) atoms. The number of carbonyl (C=O) groups excluding carboxylic acids is 1. The SMILES string of the molecule is C[C@]1(C(=O)OCc2cccc3ccccc23)CC[C@@H](Oc2cc(C(=O)O)c(OCNC3CCCCC3)cc2F)CC1. The third-order valence-electron chi connectivity index (χ3n) is 8.53. The molecule has 0 spiro atoms. The van der Waals surface area contributed by atoms with Crippen LogP contribution in [-0.2, 0) is 16.1 Å². The predicted octanol–water partition coefficient (Wildman–Crippen LogP) is 7.01. The zero-order chi connectivity index (χ0) is 28.8. The summed E-state index contributed by atoms with van der Waals surface area (Å²) in [4.78, 5) is 25.0. The average molecular weight is 564 g/mol. The molecule has 2 saturated carbocycles. The smallest absolute Gasteiger partial charge is 0.339 e. The van der Waals surface area contributed by atoms with Gasteiger partial charge in [0.2, 0.25) is 0 Å². The molecule has 5 rings (SSSR count). The summed E-state index contributed by atoms with van der Waals surface area (Å²) < 4.78 is 32.3. The van der Waals surface area contributed by atoms with Gasteiger partial charge in [-0.25, -0.2) is 9.18 Å². The van der Waals surface area contributed by atoms with Gasteiger partial charge in [-0.2, -0.15) is 0 Å². The van der Waals surface area contributed by atoms with E-state index >= 15 is 0 Å². The highest BCUT2D eigenvalue weighted by Gasteiger charge is 2.40. The second-order valence-electron chi connectivity index (χ2n) is 11.5. The van der Waals surface area contributed by atoms with Gasteiger partial charge in [0, 0.05) is 18.2 Å². The van der Waals surface area contributed by atoms with Crippen molar-refractivity contribution in [1.29, 1.82) is 0 Å². The van der Waals surface area contributed by atoms with Gasteiger partial charge in [-0.1, -0.05) is 61.7 Å². The Morgan fingerprint density at radius 3 is 2.46 bits per heavy atom. The predicted molar refractivity (Wildman–Crippen MR) is 154 cm³/mol. The number of aromatic carboxylic acids is 1. The number of benzene rings is 3. The molecule has 218 valence electrons. The molecular formula is C33H38FNO6. The second-order valence-corrected chi connectivity index (χ2v) is 11.5. The van der Waals surface area contributed by atoms with E-state index in [4.69, 9.17) is 14.2 Å². The Bertz CT molecular complexity index is 1370. The molecule has 3 aromatic rings. The minimum Gasteiger partial charge on any atom is -0.487 e. The van der Waals surface area contributed by atoms with Crippen molar-refractivity contribution in [3.8, 4) is 11.5 Å². The van der Waals surface area contributed by atoms with Crippen LogP contribution in [0.2, 0.25) is 0 Å². The summed E-state index contributed by atoms with van der Waals surface area (Å²) in [5.41, 5.74) is 0.140. The maximum absolute atomic E-state index is 15.0. The molecule has 0 radical (unpaired) electrons. The van der Waals surface area contributed by atoms with Crippen molar-refractivity contribution >= 4 is 22.7 Å². The molecule has 0 saturated heterocycles. The number of hydrogen-bond donors (Lipinski definition) is 2. The first-order valence-corrected chi connectivity index (χ1v) is 14.6. The average Bonchev–Trinajstić information content (AvgIpc) is 2.98. The third kappa shape index (κ3) is 6.99. The summed E-state index contributed by atoms with van der Waals surface area (Å²) in [5, 5.41) is 15.2. The number of fused-ring (bicyclic) bond motifs is 1. The first kappa shape index (κ1) is 28.9.